The highest BCUT2D eigenvalue weighted by Gasteiger charge is 2.18. The summed E-state index contributed by atoms with van der Waals surface area (Å²) in [6.07, 6.45) is 0. The van der Waals surface area contributed by atoms with E-state index in [1.165, 1.54) is 6.07 Å². The highest BCUT2D eigenvalue weighted by Crippen LogP contribution is 2.31. The molecule has 1 aromatic heterocycles. The molecule has 0 saturated carbocycles. The van der Waals surface area contributed by atoms with Crippen LogP contribution in [-0.4, -0.2) is 13.4 Å². The van der Waals surface area contributed by atoms with Crippen LogP contribution in [0.25, 0.3) is 22.2 Å². The van der Waals surface area contributed by atoms with Gasteiger partial charge in [0, 0.05) is 16.6 Å². The van der Waals surface area contributed by atoms with E-state index in [2.05, 4.69) is 4.98 Å². The zero-order chi connectivity index (χ0) is 15.0. The largest absolute Gasteiger partial charge is 0.398 e. The van der Waals surface area contributed by atoms with Gasteiger partial charge in [-0.3, -0.25) is 0 Å². The Kier molecular flexibility index (Phi) is 3.12. The van der Waals surface area contributed by atoms with Crippen molar-refractivity contribution in [3.8, 4) is 11.3 Å². The summed E-state index contributed by atoms with van der Waals surface area (Å²) in [5.41, 5.74) is 7.84. The predicted octanol–water partition coefficient (Wildman–Crippen LogP) is 2.13. The van der Waals surface area contributed by atoms with Crippen LogP contribution < -0.4 is 10.9 Å². The number of rotatable bonds is 2. The quantitative estimate of drug-likeness (QED) is 0.708. The Bertz CT molecular complexity index is 937. The zero-order valence-electron chi connectivity index (χ0n) is 11.0. The Morgan fingerprint density at radius 3 is 2.43 bits per heavy atom. The molecular weight excluding hydrogens is 286 g/mol. The van der Waals surface area contributed by atoms with Gasteiger partial charge in [-0.2, -0.15) is 0 Å². The van der Waals surface area contributed by atoms with Gasteiger partial charge >= 0.3 is 0 Å². The molecule has 0 bridgehead atoms. The minimum atomic E-state index is -3.88. The van der Waals surface area contributed by atoms with Crippen LogP contribution in [0.3, 0.4) is 0 Å². The second-order valence-electron chi connectivity index (χ2n) is 4.65. The number of nitrogens with two attached hydrogens (primary N) is 2. The average molecular weight is 299 g/mol. The smallest absolute Gasteiger partial charge is 0.238 e. The van der Waals surface area contributed by atoms with Crippen LogP contribution in [0.4, 0.5) is 5.69 Å². The molecule has 106 valence electrons. The molecule has 0 amide bonds. The van der Waals surface area contributed by atoms with Crippen molar-refractivity contribution in [3.05, 3.63) is 54.6 Å². The summed E-state index contributed by atoms with van der Waals surface area (Å²) in [5, 5.41) is 6.23. The molecular formula is C15H13N3O2S. The van der Waals surface area contributed by atoms with Crippen molar-refractivity contribution in [2.24, 2.45) is 5.14 Å². The Balaban J connectivity index is 2.32. The molecule has 0 aliphatic heterocycles. The molecule has 3 aromatic rings. The van der Waals surface area contributed by atoms with E-state index >= 15 is 0 Å². The molecule has 3 rings (SSSR count). The molecule has 4 N–H and O–H groups in total. The number of hydrogen-bond acceptors (Lipinski definition) is 4. The Labute approximate surface area is 122 Å². The van der Waals surface area contributed by atoms with E-state index in [-0.39, 0.29) is 4.90 Å². The average Bonchev–Trinajstić information content (AvgIpc) is 2.45. The second kappa shape index (κ2) is 4.83. The predicted molar refractivity (Wildman–Crippen MR) is 83.0 cm³/mol. The van der Waals surface area contributed by atoms with Crippen LogP contribution in [0.5, 0.6) is 0 Å². The van der Waals surface area contributed by atoms with Crippen molar-refractivity contribution >= 4 is 26.6 Å². The third-order valence-electron chi connectivity index (χ3n) is 3.22. The van der Waals surface area contributed by atoms with Crippen molar-refractivity contribution in [1.29, 1.82) is 0 Å². The lowest BCUT2D eigenvalue weighted by atomic mass is 10.1. The fraction of sp³-hybridized carbons (Fsp3) is 0. The molecule has 0 aliphatic carbocycles. The lowest BCUT2D eigenvalue weighted by molar-refractivity contribution is 0.598. The molecule has 2 aromatic carbocycles. The number of pyridine rings is 1. The first-order valence-electron chi connectivity index (χ1n) is 6.24. The number of fused-ring (bicyclic) bond motifs is 1. The van der Waals surface area contributed by atoms with Gasteiger partial charge < -0.3 is 5.73 Å². The van der Waals surface area contributed by atoms with Gasteiger partial charge in [-0.1, -0.05) is 30.3 Å². The van der Waals surface area contributed by atoms with E-state index < -0.39 is 10.0 Å². The van der Waals surface area contributed by atoms with E-state index in [0.717, 1.165) is 10.9 Å². The van der Waals surface area contributed by atoms with Crippen LogP contribution in [-0.2, 0) is 10.0 Å². The van der Waals surface area contributed by atoms with E-state index in [1.807, 2.05) is 30.3 Å². The fourth-order valence-corrected chi connectivity index (χ4v) is 3.04. The third-order valence-corrected chi connectivity index (χ3v) is 4.17. The van der Waals surface area contributed by atoms with E-state index in [1.54, 1.807) is 18.2 Å². The molecule has 0 fully saturated rings. The number of aromatic nitrogens is 1. The van der Waals surface area contributed by atoms with Crippen molar-refractivity contribution < 1.29 is 8.42 Å². The van der Waals surface area contributed by atoms with Crippen LogP contribution in [0.15, 0.2) is 59.5 Å². The van der Waals surface area contributed by atoms with Gasteiger partial charge in [-0.05, 0) is 24.3 Å². The summed E-state index contributed by atoms with van der Waals surface area (Å²) >= 11 is 0. The molecule has 0 unspecified atom stereocenters. The molecule has 5 nitrogen and oxygen atoms in total. The first-order valence-corrected chi connectivity index (χ1v) is 7.79. The van der Waals surface area contributed by atoms with Crippen molar-refractivity contribution in [3.63, 3.8) is 0 Å². The molecule has 21 heavy (non-hydrogen) atoms. The SMILES string of the molecule is Nc1cccc(S(N)(=O)=O)c1-c1ccc2ccccc2n1. The van der Waals surface area contributed by atoms with Crippen molar-refractivity contribution in [2.45, 2.75) is 4.90 Å². The lowest BCUT2D eigenvalue weighted by Crippen LogP contribution is -2.14. The number of para-hydroxylation sites is 1. The van der Waals surface area contributed by atoms with Crippen molar-refractivity contribution in [2.75, 3.05) is 5.73 Å². The first-order chi connectivity index (χ1) is 9.97. The van der Waals surface area contributed by atoms with E-state index in [0.29, 0.717) is 16.9 Å². The number of nitrogen functional groups attached to an aromatic ring is 1. The topological polar surface area (TPSA) is 99.1 Å². The Morgan fingerprint density at radius 2 is 1.67 bits per heavy atom. The maximum atomic E-state index is 11.7. The van der Waals surface area contributed by atoms with E-state index in [4.69, 9.17) is 10.9 Å². The summed E-state index contributed by atoms with van der Waals surface area (Å²) in [5.74, 6) is 0. The summed E-state index contributed by atoms with van der Waals surface area (Å²) in [6, 6.07) is 15.8. The van der Waals surface area contributed by atoms with Crippen LogP contribution in [0.1, 0.15) is 0 Å². The maximum Gasteiger partial charge on any atom is 0.238 e. The van der Waals surface area contributed by atoms with Gasteiger partial charge in [0.05, 0.1) is 16.1 Å². The van der Waals surface area contributed by atoms with Gasteiger partial charge in [0.15, 0.2) is 0 Å². The minimum Gasteiger partial charge on any atom is -0.398 e. The normalized spacial score (nSPS) is 11.7. The summed E-state index contributed by atoms with van der Waals surface area (Å²) < 4.78 is 23.5. The number of hydrogen-bond donors (Lipinski definition) is 2. The number of sulfonamides is 1. The van der Waals surface area contributed by atoms with Gasteiger partial charge in [-0.25, -0.2) is 18.5 Å². The highest BCUT2D eigenvalue weighted by atomic mass is 32.2. The van der Waals surface area contributed by atoms with Crippen LogP contribution in [0.2, 0.25) is 0 Å². The standard InChI is InChI=1S/C15H13N3O2S/c16-11-5-3-7-14(21(17,19)20)15(11)13-9-8-10-4-1-2-6-12(10)18-13/h1-9H,16H2,(H2,17,19,20). The molecule has 1 heterocycles. The number of nitrogens with zero attached hydrogens (tertiary/aromatic N) is 1. The first kappa shape index (κ1) is 13.5. The molecule has 0 atom stereocenters. The van der Waals surface area contributed by atoms with Gasteiger partial charge in [-0.15, -0.1) is 0 Å². The number of anilines is 1. The van der Waals surface area contributed by atoms with E-state index in [9.17, 15) is 8.42 Å². The maximum absolute atomic E-state index is 11.7. The van der Waals surface area contributed by atoms with Gasteiger partial charge in [0.25, 0.3) is 0 Å². The number of primary sulfonamides is 1. The molecule has 6 heteroatoms. The summed E-state index contributed by atoms with van der Waals surface area (Å²) in [7, 11) is -3.88. The molecule has 0 aliphatic rings. The van der Waals surface area contributed by atoms with Crippen molar-refractivity contribution in [1.82, 2.24) is 4.98 Å². The zero-order valence-corrected chi connectivity index (χ0v) is 11.8. The summed E-state index contributed by atoms with van der Waals surface area (Å²) in [6.45, 7) is 0. The molecule has 0 spiro atoms. The second-order valence-corrected chi connectivity index (χ2v) is 6.18. The lowest BCUT2D eigenvalue weighted by Gasteiger charge is -2.11. The monoisotopic (exact) mass is 299 g/mol. The van der Waals surface area contributed by atoms with Gasteiger partial charge in [0.1, 0.15) is 0 Å². The Morgan fingerprint density at radius 1 is 0.905 bits per heavy atom. The fourth-order valence-electron chi connectivity index (χ4n) is 2.26. The third kappa shape index (κ3) is 2.46. The van der Waals surface area contributed by atoms with Crippen LogP contribution >= 0.6 is 0 Å². The van der Waals surface area contributed by atoms with Crippen LogP contribution in [0, 0.1) is 0 Å². The van der Waals surface area contributed by atoms with Gasteiger partial charge in [0.2, 0.25) is 10.0 Å². The molecule has 0 saturated heterocycles. The Hall–Kier alpha value is -2.44. The minimum absolute atomic E-state index is 0.0229. The highest BCUT2D eigenvalue weighted by molar-refractivity contribution is 7.89. The molecule has 0 radical (unpaired) electrons. The number of benzene rings is 2. The summed E-state index contributed by atoms with van der Waals surface area (Å²) in [4.78, 5) is 4.46.